The van der Waals surface area contributed by atoms with Crippen molar-refractivity contribution in [2.24, 2.45) is 5.73 Å². The van der Waals surface area contributed by atoms with E-state index in [0.29, 0.717) is 49.7 Å². The number of aromatic nitrogens is 1. The Bertz CT molecular complexity index is 1260. The first-order valence-corrected chi connectivity index (χ1v) is 13.2. The Morgan fingerprint density at radius 1 is 1.15 bits per heavy atom. The molecule has 3 rings (SSSR count). The first-order valence-electron chi connectivity index (χ1n) is 13.2. The third kappa shape index (κ3) is 7.86. The minimum Gasteiger partial charge on any atom is -0.482 e. The minimum absolute atomic E-state index is 0.228. The molecule has 39 heavy (non-hydrogen) atoms. The van der Waals surface area contributed by atoms with Crippen LogP contribution in [0.2, 0.25) is 0 Å². The summed E-state index contributed by atoms with van der Waals surface area (Å²) in [4.78, 5) is 44.4. The first kappa shape index (κ1) is 29.8. The van der Waals surface area contributed by atoms with Crippen molar-refractivity contribution >= 4 is 23.6 Å². The summed E-state index contributed by atoms with van der Waals surface area (Å²) in [6.07, 6.45) is 0.887. The summed E-state index contributed by atoms with van der Waals surface area (Å²) in [5.74, 6) is -0.639. The molecule has 0 saturated carbocycles. The van der Waals surface area contributed by atoms with Crippen LogP contribution in [0.5, 0.6) is 5.75 Å². The van der Waals surface area contributed by atoms with Gasteiger partial charge in [-0.2, -0.15) is 4.79 Å². The molecular formula is C29H40N5O5+. The molecule has 1 aliphatic heterocycles. The van der Waals surface area contributed by atoms with E-state index in [0.717, 1.165) is 11.3 Å². The average Bonchev–Trinajstić information content (AvgIpc) is 2.83. The van der Waals surface area contributed by atoms with Crippen LogP contribution in [-0.4, -0.2) is 76.4 Å². The Balaban J connectivity index is 1.93. The third-order valence-corrected chi connectivity index (χ3v) is 6.30. The van der Waals surface area contributed by atoms with E-state index in [1.54, 1.807) is 23.8 Å². The maximum atomic E-state index is 12.9. The van der Waals surface area contributed by atoms with Gasteiger partial charge in [-0.15, -0.1) is 4.58 Å². The molecule has 10 nitrogen and oxygen atoms in total. The van der Waals surface area contributed by atoms with Gasteiger partial charge < -0.3 is 20.5 Å². The number of pyridine rings is 1. The van der Waals surface area contributed by atoms with Crippen molar-refractivity contribution in [3.63, 3.8) is 0 Å². The number of carbonyl (C=O) groups is 3. The second-order valence-electron chi connectivity index (χ2n) is 10.9. The third-order valence-electron chi connectivity index (χ3n) is 6.30. The zero-order chi connectivity index (χ0) is 28.9. The van der Waals surface area contributed by atoms with Crippen LogP contribution >= 0.6 is 0 Å². The molecule has 3 amide bonds. The number of benzene rings is 1. The van der Waals surface area contributed by atoms with E-state index in [9.17, 15) is 14.4 Å². The smallest absolute Gasteiger partial charge is 0.482 e. The number of nitrogens with one attached hydrogen (secondary N) is 1. The van der Waals surface area contributed by atoms with E-state index in [2.05, 4.69) is 15.2 Å². The van der Waals surface area contributed by atoms with Gasteiger partial charge in [0.2, 0.25) is 5.91 Å². The van der Waals surface area contributed by atoms with Crippen molar-refractivity contribution in [2.45, 2.75) is 60.2 Å². The number of nitrogens with two attached hydrogens (primary N) is 1. The van der Waals surface area contributed by atoms with Gasteiger partial charge in [-0.1, -0.05) is 6.07 Å². The lowest BCUT2D eigenvalue weighted by Crippen LogP contribution is -2.48. The van der Waals surface area contributed by atoms with Crippen molar-refractivity contribution in [2.75, 3.05) is 32.7 Å². The Morgan fingerprint density at radius 2 is 1.87 bits per heavy atom. The van der Waals surface area contributed by atoms with Gasteiger partial charge in [-0.25, -0.2) is 0 Å². The molecule has 3 N–H and O–H groups in total. The fraction of sp³-hybridized carbons (Fsp3) is 0.483. The summed E-state index contributed by atoms with van der Waals surface area (Å²) >= 11 is 0. The summed E-state index contributed by atoms with van der Waals surface area (Å²) in [6, 6.07) is 7.02. The topological polar surface area (TPSA) is 127 Å². The van der Waals surface area contributed by atoms with Gasteiger partial charge in [0.05, 0.1) is 24.3 Å². The molecule has 1 aliphatic rings. The predicted octanol–water partition coefficient (Wildman–Crippen LogP) is 3.39. The van der Waals surface area contributed by atoms with Crippen LogP contribution in [0.1, 0.15) is 78.3 Å². The molecule has 0 fully saturated rings. The van der Waals surface area contributed by atoms with E-state index in [1.165, 1.54) is 6.07 Å². The zero-order valence-electron chi connectivity index (χ0n) is 24.0. The molecule has 1 atom stereocenters. The number of hydrogen-bond donors (Lipinski definition) is 2. The Hall–Kier alpha value is -3.79. The molecule has 2 aromatic rings. The average molecular weight is 539 g/mol. The standard InChI is InChI=1S/C29H39N5O5/c1-8-31-27(36)22-14-21(26(30)35)19(3)13-24(22)38-25(23-10-9-18(2)15-32-23)17-33-11-12-34(20(4)16-33)28(37)39-29(5,6)7/h9-10,13-15,25H,8,11-12,16-17H2,1-7H3,(H2-,30,31,35,36)/p+1/t25-/m1/s1. The van der Waals surface area contributed by atoms with E-state index in [4.69, 9.17) is 15.2 Å². The van der Waals surface area contributed by atoms with Crippen LogP contribution in [-0.2, 0) is 4.74 Å². The summed E-state index contributed by atoms with van der Waals surface area (Å²) < 4.78 is 13.7. The second kappa shape index (κ2) is 12.4. The fourth-order valence-corrected chi connectivity index (χ4v) is 4.37. The highest BCUT2D eigenvalue weighted by Gasteiger charge is 2.34. The Labute approximate surface area is 230 Å². The van der Waals surface area contributed by atoms with E-state index in [-0.39, 0.29) is 23.1 Å². The number of amides is 3. The highest BCUT2D eigenvalue weighted by atomic mass is 16.6. The highest BCUT2D eigenvalue weighted by molar-refractivity contribution is 6.02. The molecule has 0 unspecified atom stereocenters. The van der Waals surface area contributed by atoms with Crippen LogP contribution in [0.4, 0.5) is 4.79 Å². The molecule has 2 heterocycles. The van der Waals surface area contributed by atoms with E-state index < -0.39 is 17.6 Å². The number of aryl methyl sites for hydroxylation is 2. The second-order valence-corrected chi connectivity index (χ2v) is 10.9. The first-order chi connectivity index (χ1) is 18.3. The van der Waals surface area contributed by atoms with Crippen molar-refractivity contribution in [1.29, 1.82) is 0 Å². The van der Waals surface area contributed by atoms with E-state index >= 15 is 0 Å². The quantitative estimate of drug-likeness (QED) is 0.493. The van der Waals surface area contributed by atoms with Gasteiger partial charge in [0.1, 0.15) is 11.4 Å². The number of carbonyl (C=O) groups excluding carboxylic acids is 3. The molecule has 1 aromatic carbocycles. The Kier molecular flexibility index (Phi) is 9.45. The lowest BCUT2D eigenvalue weighted by molar-refractivity contribution is -0.458. The number of primary amides is 1. The van der Waals surface area contributed by atoms with Crippen LogP contribution in [0, 0.1) is 13.8 Å². The van der Waals surface area contributed by atoms with Gasteiger partial charge in [-0.05, 0) is 70.9 Å². The number of nitrogens with zero attached hydrogens (tertiary/aromatic N) is 3. The molecule has 0 bridgehead atoms. The molecule has 10 heteroatoms. The summed E-state index contributed by atoms with van der Waals surface area (Å²) in [6.45, 7) is 15.5. The fourth-order valence-electron chi connectivity index (χ4n) is 4.37. The molecule has 210 valence electrons. The van der Waals surface area contributed by atoms with E-state index in [1.807, 2.05) is 53.7 Å². The minimum atomic E-state index is -0.616. The van der Waals surface area contributed by atoms with Gasteiger partial charge >= 0.3 is 6.09 Å². The lowest BCUT2D eigenvalue weighted by Gasteiger charge is -2.30. The number of hydrogen-bond acceptors (Lipinski definition) is 7. The van der Waals surface area contributed by atoms with Crippen LogP contribution in [0.3, 0.4) is 0 Å². The van der Waals surface area contributed by atoms with Gasteiger partial charge in [0, 0.05) is 31.8 Å². The monoisotopic (exact) mass is 538 g/mol. The summed E-state index contributed by atoms with van der Waals surface area (Å²) in [7, 11) is 0. The highest BCUT2D eigenvalue weighted by Crippen LogP contribution is 2.29. The molecule has 1 aromatic heterocycles. The summed E-state index contributed by atoms with van der Waals surface area (Å²) in [5, 5.41) is 2.78. The largest absolute Gasteiger partial charge is 0.596 e. The lowest BCUT2D eigenvalue weighted by atomic mass is 10.0. The maximum Gasteiger partial charge on any atom is 0.596 e. The van der Waals surface area contributed by atoms with Crippen molar-refractivity contribution in [3.8, 4) is 5.75 Å². The maximum absolute atomic E-state index is 12.9. The molecular weight excluding hydrogens is 498 g/mol. The molecule has 0 radical (unpaired) electrons. The predicted molar refractivity (Wildman–Crippen MR) is 149 cm³/mol. The molecule has 0 spiro atoms. The summed E-state index contributed by atoms with van der Waals surface area (Å²) in [5.41, 5.74) is 8.65. The van der Waals surface area contributed by atoms with Gasteiger partial charge in [-0.3, -0.25) is 19.5 Å². The van der Waals surface area contributed by atoms with Crippen LogP contribution < -0.4 is 15.8 Å². The zero-order valence-corrected chi connectivity index (χ0v) is 24.0. The van der Waals surface area contributed by atoms with Crippen LogP contribution in [0.25, 0.3) is 0 Å². The van der Waals surface area contributed by atoms with Crippen molar-refractivity contribution in [1.82, 2.24) is 15.2 Å². The SMILES string of the molecule is CCNC(=O)c1cc(C(N)=O)c(C)cc1O[C@H](CN1CC[N+](C(=O)OC(C)(C)C)=C(C)C1)c1ccc(C)cn1. The van der Waals surface area contributed by atoms with Crippen molar-refractivity contribution in [3.05, 3.63) is 58.4 Å². The van der Waals surface area contributed by atoms with Gasteiger partial charge in [0.25, 0.3) is 5.91 Å². The van der Waals surface area contributed by atoms with Crippen molar-refractivity contribution < 1.29 is 28.4 Å². The Morgan fingerprint density at radius 3 is 2.44 bits per heavy atom. The van der Waals surface area contributed by atoms with Gasteiger partial charge in [0.15, 0.2) is 18.4 Å². The molecule has 0 saturated heterocycles. The number of rotatable bonds is 8. The molecule has 0 aliphatic carbocycles. The van der Waals surface area contributed by atoms with Crippen LogP contribution in [0.15, 0.2) is 30.5 Å². The number of ether oxygens (including phenoxy) is 2. The normalized spacial score (nSPS) is 15.1.